The maximum atomic E-state index is 2.40. The number of hydrogen-bond donors (Lipinski definition) is 0. The van der Waals surface area contributed by atoms with Crippen molar-refractivity contribution in [3.63, 3.8) is 0 Å². The van der Waals surface area contributed by atoms with Crippen molar-refractivity contribution >= 4 is 0 Å². The summed E-state index contributed by atoms with van der Waals surface area (Å²) >= 11 is 0. The van der Waals surface area contributed by atoms with Crippen LogP contribution in [0.25, 0.3) is 0 Å². The van der Waals surface area contributed by atoms with E-state index >= 15 is 0 Å². The van der Waals surface area contributed by atoms with Crippen LogP contribution in [0.15, 0.2) is 12.2 Å². The molecule has 0 bridgehead atoms. The molecular weight excluding hydrogens is 168 g/mol. The van der Waals surface area contributed by atoms with Crippen molar-refractivity contribution in [2.24, 2.45) is 11.3 Å². The van der Waals surface area contributed by atoms with Crippen molar-refractivity contribution in [1.82, 2.24) is 0 Å². The molecule has 0 rings (SSSR count). The summed E-state index contributed by atoms with van der Waals surface area (Å²) < 4.78 is 0. The zero-order valence-corrected chi connectivity index (χ0v) is 10.8. The highest BCUT2D eigenvalue weighted by Gasteiger charge is 2.10. The van der Waals surface area contributed by atoms with E-state index in [9.17, 15) is 0 Å². The lowest BCUT2D eigenvalue weighted by atomic mass is 9.88. The van der Waals surface area contributed by atoms with Gasteiger partial charge in [-0.25, -0.2) is 0 Å². The van der Waals surface area contributed by atoms with Crippen molar-refractivity contribution in [2.75, 3.05) is 0 Å². The van der Waals surface area contributed by atoms with Gasteiger partial charge in [-0.15, -0.1) is 0 Å². The Kier molecular flexibility index (Phi) is 6.96. The lowest BCUT2D eigenvalue weighted by Gasteiger charge is -2.18. The molecule has 0 saturated heterocycles. The standard InChI is InChI=1S/C14H28/c1-6-8-9-10-13(3)11-12-14(4,5)7-2/h11-13H,6-10H2,1-5H3. The van der Waals surface area contributed by atoms with E-state index in [2.05, 4.69) is 46.8 Å². The molecule has 0 aliphatic heterocycles. The van der Waals surface area contributed by atoms with Crippen LogP contribution in [-0.2, 0) is 0 Å². The predicted octanol–water partition coefficient (Wildman–Crippen LogP) is 5.20. The molecule has 0 aromatic heterocycles. The Hall–Kier alpha value is -0.260. The van der Waals surface area contributed by atoms with Crippen LogP contribution in [0.3, 0.4) is 0 Å². The van der Waals surface area contributed by atoms with Gasteiger partial charge in [-0.3, -0.25) is 0 Å². The molecule has 0 N–H and O–H groups in total. The molecule has 1 unspecified atom stereocenters. The summed E-state index contributed by atoms with van der Waals surface area (Å²) in [6.07, 6.45) is 11.5. The van der Waals surface area contributed by atoms with Crippen molar-refractivity contribution < 1.29 is 0 Å². The first-order valence-electron chi connectivity index (χ1n) is 6.21. The molecular formula is C14H28. The first-order chi connectivity index (χ1) is 6.52. The second-order valence-electron chi connectivity index (χ2n) is 5.17. The van der Waals surface area contributed by atoms with E-state index < -0.39 is 0 Å². The van der Waals surface area contributed by atoms with E-state index in [1.165, 1.54) is 32.1 Å². The van der Waals surface area contributed by atoms with Gasteiger partial charge in [-0.2, -0.15) is 0 Å². The summed E-state index contributed by atoms with van der Waals surface area (Å²) in [5.74, 6) is 0.757. The minimum Gasteiger partial charge on any atom is -0.0852 e. The van der Waals surface area contributed by atoms with Gasteiger partial charge >= 0.3 is 0 Å². The summed E-state index contributed by atoms with van der Waals surface area (Å²) in [6, 6.07) is 0. The summed E-state index contributed by atoms with van der Waals surface area (Å²) in [5.41, 5.74) is 0.388. The van der Waals surface area contributed by atoms with Crippen LogP contribution in [0.4, 0.5) is 0 Å². The van der Waals surface area contributed by atoms with Crippen LogP contribution in [-0.4, -0.2) is 0 Å². The molecule has 0 heterocycles. The fourth-order valence-corrected chi connectivity index (χ4v) is 1.36. The fourth-order valence-electron chi connectivity index (χ4n) is 1.36. The predicted molar refractivity (Wildman–Crippen MR) is 66.5 cm³/mol. The number of rotatable bonds is 7. The molecule has 0 saturated carbocycles. The Morgan fingerprint density at radius 3 is 2.29 bits per heavy atom. The Morgan fingerprint density at radius 2 is 1.79 bits per heavy atom. The molecule has 0 fully saturated rings. The molecule has 84 valence electrons. The molecule has 1 atom stereocenters. The molecule has 0 heteroatoms. The van der Waals surface area contributed by atoms with Gasteiger partial charge < -0.3 is 0 Å². The van der Waals surface area contributed by atoms with Gasteiger partial charge in [0.15, 0.2) is 0 Å². The van der Waals surface area contributed by atoms with Crippen LogP contribution in [0.2, 0.25) is 0 Å². The smallest absolute Gasteiger partial charge is 0.0177 e. The zero-order chi connectivity index (χ0) is 11.0. The van der Waals surface area contributed by atoms with Crippen molar-refractivity contribution in [1.29, 1.82) is 0 Å². The van der Waals surface area contributed by atoms with Crippen LogP contribution in [0.5, 0.6) is 0 Å². The van der Waals surface area contributed by atoms with Gasteiger partial charge in [0, 0.05) is 0 Å². The van der Waals surface area contributed by atoms with Gasteiger partial charge in [0.2, 0.25) is 0 Å². The Balaban J connectivity index is 3.75. The molecule has 0 aliphatic rings. The molecule has 0 aliphatic carbocycles. The van der Waals surface area contributed by atoms with Crippen molar-refractivity contribution in [3.05, 3.63) is 12.2 Å². The van der Waals surface area contributed by atoms with E-state index in [-0.39, 0.29) is 0 Å². The lowest BCUT2D eigenvalue weighted by molar-refractivity contribution is 0.455. The average Bonchev–Trinajstić information content (AvgIpc) is 2.16. The molecule has 0 spiro atoms. The zero-order valence-electron chi connectivity index (χ0n) is 10.8. The molecule has 14 heavy (non-hydrogen) atoms. The maximum Gasteiger partial charge on any atom is -0.0177 e. The highest BCUT2D eigenvalue weighted by molar-refractivity contribution is 4.96. The van der Waals surface area contributed by atoms with Crippen molar-refractivity contribution in [3.8, 4) is 0 Å². The number of hydrogen-bond acceptors (Lipinski definition) is 0. The van der Waals surface area contributed by atoms with Gasteiger partial charge in [0.25, 0.3) is 0 Å². The van der Waals surface area contributed by atoms with E-state index in [1.807, 2.05) is 0 Å². The van der Waals surface area contributed by atoms with E-state index in [0.717, 1.165) is 5.92 Å². The van der Waals surface area contributed by atoms with Gasteiger partial charge in [0.05, 0.1) is 0 Å². The summed E-state index contributed by atoms with van der Waals surface area (Å²) in [4.78, 5) is 0. The second-order valence-corrected chi connectivity index (χ2v) is 5.17. The van der Waals surface area contributed by atoms with Gasteiger partial charge in [0.1, 0.15) is 0 Å². The highest BCUT2D eigenvalue weighted by Crippen LogP contribution is 2.23. The van der Waals surface area contributed by atoms with Gasteiger partial charge in [-0.1, -0.05) is 66.0 Å². The first kappa shape index (κ1) is 13.7. The summed E-state index contributed by atoms with van der Waals surface area (Å²) in [7, 11) is 0. The Morgan fingerprint density at radius 1 is 1.14 bits per heavy atom. The molecule has 0 amide bonds. The van der Waals surface area contributed by atoms with Crippen molar-refractivity contribution in [2.45, 2.75) is 66.7 Å². The SMILES string of the molecule is CCCCCC(C)C=CC(C)(C)CC. The summed E-state index contributed by atoms with van der Waals surface area (Å²) in [6.45, 7) is 11.5. The molecule has 0 nitrogen and oxygen atoms in total. The molecule has 0 aromatic carbocycles. The first-order valence-corrected chi connectivity index (χ1v) is 6.21. The Bertz CT molecular complexity index is 153. The third-order valence-electron chi connectivity index (χ3n) is 3.05. The van der Waals surface area contributed by atoms with E-state index in [0.29, 0.717) is 5.41 Å². The van der Waals surface area contributed by atoms with E-state index in [4.69, 9.17) is 0 Å². The minimum atomic E-state index is 0.388. The minimum absolute atomic E-state index is 0.388. The normalized spacial score (nSPS) is 14.9. The highest BCUT2D eigenvalue weighted by atomic mass is 14.2. The van der Waals surface area contributed by atoms with Gasteiger partial charge in [-0.05, 0) is 24.2 Å². The van der Waals surface area contributed by atoms with Crippen LogP contribution in [0.1, 0.15) is 66.7 Å². The maximum absolute atomic E-state index is 2.40. The lowest BCUT2D eigenvalue weighted by Crippen LogP contribution is -2.05. The number of unbranched alkanes of at least 4 members (excludes halogenated alkanes) is 2. The number of allylic oxidation sites excluding steroid dienone is 2. The second kappa shape index (κ2) is 7.09. The van der Waals surface area contributed by atoms with Crippen LogP contribution < -0.4 is 0 Å². The average molecular weight is 196 g/mol. The Labute approximate surface area is 90.8 Å². The molecule has 0 aromatic rings. The third-order valence-corrected chi connectivity index (χ3v) is 3.05. The largest absolute Gasteiger partial charge is 0.0852 e. The monoisotopic (exact) mass is 196 g/mol. The quantitative estimate of drug-likeness (QED) is 0.388. The fraction of sp³-hybridized carbons (Fsp3) is 0.857. The molecule has 0 radical (unpaired) electrons. The van der Waals surface area contributed by atoms with Crippen LogP contribution >= 0.6 is 0 Å². The topological polar surface area (TPSA) is 0 Å². The third kappa shape index (κ3) is 7.17. The van der Waals surface area contributed by atoms with E-state index in [1.54, 1.807) is 0 Å². The summed E-state index contributed by atoms with van der Waals surface area (Å²) in [5, 5.41) is 0. The van der Waals surface area contributed by atoms with Crippen LogP contribution in [0, 0.1) is 11.3 Å².